The van der Waals surface area contributed by atoms with Crippen molar-refractivity contribution in [3.8, 4) is 5.75 Å². The van der Waals surface area contributed by atoms with Crippen LogP contribution in [0.5, 0.6) is 5.75 Å². The first kappa shape index (κ1) is 13.1. The number of aliphatic hydroxyl groups is 1. The fourth-order valence-corrected chi connectivity index (χ4v) is 2.10. The normalized spacial score (nSPS) is 14.8. The molecule has 0 saturated heterocycles. The molecule has 4 heteroatoms. The first-order chi connectivity index (χ1) is 8.76. The molecule has 4 nitrogen and oxygen atoms in total. The van der Waals surface area contributed by atoms with Crippen molar-refractivity contribution >= 4 is 5.78 Å². The van der Waals surface area contributed by atoms with Crippen molar-refractivity contribution in [3.63, 3.8) is 0 Å². The Bertz CT molecular complexity index is 415. The van der Waals surface area contributed by atoms with Crippen LogP contribution in [0.1, 0.15) is 23.2 Å². The molecule has 0 aromatic heterocycles. The van der Waals surface area contributed by atoms with Crippen LogP contribution < -0.4 is 4.74 Å². The second-order valence-corrected chi connectivity index (χ2v) is 4.55. The van der Waals surface area contributed by atoms with Crippen molar-refractivity contribution in [1.29, 1.82) is 0 Å². The predicted octanol–water partition coefficient (Wildman–Crippen LogP) is 1.33. The Balaban J connectivity index is 2.05. The van der Waals surface area contributed by atoms with Crippen LogP contribution in [0.2, 0.25) is 0 Å². The number of methoxy groups -OCH3 is 1. The van der Waals surface area contributed by atoms with Crippen LogP contribution >= 0.6 is 0 Å². The van der Waals surface area contributed by atoms with Gasteiger partial charge in [-0.3, -0.25) is 9.69 Å². The molecule has 98 valence electrons. The number of carbonyl (C=O) groups excluding carboxylic acids is 1. The van der Waals surface area contributed by atoms with Crippen LogP contribution in [-0.2, 0) is 0 Å². The second kappa shape index (κ2) is 5.98. The number of hydrogen-bond acceptors (Lipinski definition) is 4. The molecule has 1 aromatic rings. The van der Waals surface area contributed by atoms with Crippen molar-refractivity contribution in [3.05, 3.63) is 29.8 Å². The van der Waals surface area contributed by atoms with Gasteiger partial charge in [-0.15, -0.1) is 0 Å². The van der Waals surface area contributed by atoms with E-state index in [0.29, 0.717) is 30.4 Å². The molecule has 0 atom stereocenters. The first-order valence-electron chi connectivity index (χ1n) is 6.27. The average Bonchev–Trinajstić information content (AvgIpc) is 3.22. The maximum atomic E-state index is 12.2. The molecular formula is C14H19NO3. The van der Waals surface area contributed by atoms with Crippen molar-refractivity contribution in [2.45, 2.75) is 18.9 Å². The Kier molecular flexibility index (Phi) is 4.33. The number of aliphatic hydroxyl groups excluding tert-OH is 1. The molecule has 0 amide bonds. The lowest BCUT2D eigenvalue weighted by molar-refractivity contribution is 0.0904. The van der Waals surface area contributed by atoms with Crippen molar-refractivity contribution in [1.82, 2.24) is 4.90 Å². The van der Waals surface area contributed by atoms with E-state index in [4.69, 9.17) is 9.84 Å². The number of Topliss-reactive ketones (excluding diaryl/α,β-unsaturated/α-hetero) is 1. The second-order valence-electron chi connectivity index (χ2n) is 4.55. The Morgan fingerprint density at radius 1 is 1.44 bits per heavy atom. The molecule has 1 aliphatic rings. The number of ketones is 1. The van der Waals surface area contributed by atoms with Crippen LogP contribution in [0, 0.1) is 0 Å². The summed E-state index contributed by atoms with van der Waals surface area (Å²) in [6, 6.07) is 7.73. The zero-order valence-electron chi connectivity index (χ0n) is 10.6. The number of hydrogen-bond donors (Lipinski definition) is 1. The third-order valence-corrected chi connectivity index (χ3v) is 3.20. The van der Waals surface area contributed by atoms with Crippen LogP contribution in [0.15, 0.2) is 24.3 Å². The zero-order chi connectivity index (χ0) is 13.0. The van der Waals surface area contributed by atoms with E-state index >= 15 is 0 Å². The topological polar surface area (TPSA) is 49.8 Å². The molecule has 0 aliphatic heterocycles. The summed E-state index contributed by atoms with van der Waals surface area (Å²) in [5, 5.41) is 9.02. The van der Waals surface area contributed by atoms with Gasteiger partial charge in [0, 0.05) is 12.6 Å². The third kappa shape index (κ3) is 3.09. The van der Waals surface area contributed by atoms with E-state index in [-0.39, 0.29) is 12.4 Å². The van der Waals surface area contributed by atoms with E-state index in [1.807, 2.05) is 12.1 Å². The highest BCUT2D eigenvalue weighted by Crippen LogP contribution is 2.27. The average molecular weight is 249 g/mol. The largest absolute Gasteiger partial charge is 0.496 e. The highest BCUT2D eigenvalue weighted by Gasteiger charge is 2.30. The van der Waals surface area contributed by atoms with Gasteiger partial charge in [0.25, 0.3) is 0 Å². The minimum atomic E-state index is 0.0489. The molecule has 0 spiro atoms. The van der Waals surface area contributed by atoms with Crippen molar-refractivity contribution < 1.29 is 14.6 Å². The summed E-state index contributed by atoms with van der Waals surface area (Å²) in [7, 11) is 1.57. The molecule has 1 aliphatic carbocycles. The van der Waals surface area contributed by atoms with Gasteiger partial charge in [-0.2, -0.15) is 0 Å². The summed E-state index contributed by atoms with van der Waals surface area (Å²) < 4.78 is 5.20. The van der Waals surface area contributed by atoms with Gasteiger partial charge in [0.1, 0.15) is 5.75 Å². The molecule has 18 heavy (non-hydrogen) atoms. The number of para-hydroxylation sites is 1. The maximum absolute atomic E-state index is 12.2. The molecule has 0 bridgehead atoms. The van der Waals surface area contributed by atoms with Crippen LogP contribution in [0.3, 0.4) is 0 Å². The van der Waals surface area contributed by atoms with Crippen LogP contribution in [-0.4, -0.2) is 48.6 Å². The van der Waals surface area contributed by atoms with Crippen molar-refractivity contribution in [2.75, 3.05) is 26.8 Å². The Hall–Kier alpha value is -1.39. The van der Waals surface area contributed by atoms with Gasteiger partial charge >= 0.3 is 0 Å². The minimum absolute atomic E-state index is 0.0489. The quantitative estimate of drug-likeness (QED) is 0.741. The van der Waals surface area contributed by atoms with Gasteiger partial charge in [0.15, 0.2) is 5.78 Å². The van der Waals surface area contributed by atoms with Crippen LogP contribution in [0.25, 0.3) is 0 Å². The SMILES string of the molecule is COc1ccccc1C(=O)CN(CCO)C1CC1. The molecule has 1 aromatic carbocycles. The molecule has 1 fully saturated rings. The predicted molar refractivity (Wildman–Crippen MR) is 69.0 cm³/mol. The van der Waals surface area contributed by atoms with Gasteiger partial charge in [-0.05, 0) is 25.0 Å². The molecule has 1 saturated carbocycles. The van der Waals surface area contributed by atoms with E-state index in [0.717, 1.165) is 12.8 Å². The van der Waals surface area contributed by atoms with Gasteiger partial charge in [-0.25, -0.2) is 0 Å². The summed E-state index contributed by atoms with van der Waals surface area (Å²) in [6.45, 7) is 1.01. The lowest BCUT2D eigenvalue weighted by Gasteiger charge is -2.20. The number of ether oxygens (including phenoxy) is 1. The van der Waals surface area contributed by atoms with E-state index in [9.17, 15) is 4.79 Å². The summed E-state index contributed by atoms with van der Waals surface area (Å²) in [5.74, 6) is 0.662. The van der Waals surface area contributed by atoms with E-state index in [1.54, 1.807) is 19.2 Å². The smallest absolute Gasteiger partial charge is 0.180 e. The third-order valence-electron chi connectivity index (χ3n) is 3.20. The number of benzene rings is 1. The molecule has 2 rings (SSSR count). The minimum Gasteiger partial charge on any atom is -0.496 e. The number of nitrogens with zero attached hydrogens (tertiary/aromatic N) is 1. The fraction of sp³-hybridized carbons (Fsp3) is 0.500. The molecular weight excluding hydrogens is 230 g/mol. The summed E-state index contributed by atoms with van der Waals surface area (Å²) >= 11 is 0. The Labute approximate surface area is 107 Å². The molecule has 0 unspecified atom stereocenters. The van der Waals surface area contributed by atoms with E-state index in [2.05, 4.69) is 4.90 Å². The lowest BCUT2D eigenvalue weighted by atomic mass is 10.1. The van der Waals surface area contributed by atoms with Crippen molar-refractivity contribution in [2.24, 2.45) is 0 Å². The van der Waals surface area contributed by atoms with Gasteiger partial charge in [-0.1, -0.05) is 12.1 Å². The highest BCUT2D eigenvalue weighted by molar-refractivity contribution is 6.00. The zero-order valence-corrected chi connectivity index (χ0v) is 10.6. The van der Waals surface area contributed by atoms with Gasteiger partial charge < -0.3 is 9.84 Å². The van der Waals surface area contributed by atoms with E-state index < -0.39 is 0 Å². The standard InChI is InChI=1S/C14H19NO3/c1-18-14-5-3-2-4-12(14)13(17)10-15(8-9-16)11-6-7-11/h2-5,11,16H,6-10H2,1H3. The molecule has 0 heterocycles. The maximum Gasteiger partial charge on any atom is 0.180 e. The highest BCUT2D eigenvalue weighted by atomic mass is 16.5. The summed E-state index contributed by atoms with van der Waals surface area (Å²) in [4.78, 5) is 14.3. The molecule has 0 radical (unpaired) electrons. The fourth-order valence-electron chi connectivity index (χ4n) is 2.10. The lowest BCUT2D eigenvalue weighted by Crippen LogP contribution is -2.34. The van der Waals surface area contributed by atoms with Crippen LogP contribution in [0.4, 0.5) is 0 Å². The van der Waals surface area contributed by atoms with Gasteiger partial charge in [0.2, 0.25) is 0 Å². The van der Waals surface area contributed by atoms with Gasteiger partial charge in [0.05, 0.1) is 25.8 Å². The Morgan fingerprint density at radius 3 is 2.78 bits per heavy atom. The Morgan fingerprint density at radius 2 is 2.17 bits per heavy atom. The summed E-state index contributed by atoms with van der Waals surface area (Å²) in [5.41, 5.74) is 0.614. The van der Waals surface area contributed by atoms with E-state index in [1.165, 1.54) is 0 Å². The first-order valence-corrected chi connectivity index (χ1v) is 6.27. The monoisotopic (exact) mass is 249 g/mol. The number of carbonyl (C=O) groups is 1. The summed E-state index contributed by atoms with van der Waals surface area (Å²) in [6.07, 6.45) is 2.25. The number of rotatable bonds is 7. The molecule has 1 N–H and O–H groups in total.